The van der Waals surface area contributed by atoms with E-state index in [0.717, 1.165) is 22.7 Å². The highest BCUT2D eigenvalue weighted by Gasteiger charge is 2.15. The molecule has 3 heterocycles. The Hall–Kier alpha value is -1.10. The van der Waals surface area contributed by atoms with E-state index in [4.69, 9.17) is 16.3 Å². The molecule has 1 aliphatic rings. The Morgan fingerprint density at radius 3 is 3.21 bits per heavy atom. The van der Waals surface area contributed by atoms with Gasteiger partial charge in [-0.25, -0.2) is 4.98 Å². The zero-order chi connectivity index (χ0) is 13.1. The Bertz CT molecular complexity index is 538. The van der Waals surface area contributed by atoms with Crippen LogP contribution in [0.1, 0.15) is 12.8 Å². The zero-order valence-corrected chi connectivity index (χ0v) is 12.0. The molecule has 3 nitrogen and oxygen atoms in total. The molecule has 0 aliphatic carbocycles. The molecule has 0 aromatic carbocycles. The molecule has 1 unspecified atom stereocenters. The molecule has 0 saturated carbocycles. The van der Waals surface area contributed by atoms with Crippen LogP contribution in [0.4, 0.5) is 0 Å². The van der Waals surface area contributed by atoms with Crippen molar-refractivity contribution in [3.8, 4) is 16.2 Å². The standard InChI is InChI=1S/C14H15ClN2OS/c15-14-12(13-4-2-6-19-13)7-11(8-17-14)18-9-10-3-1-5-16-10/h2,4,6-8,10,16H,1,3,5,9H2. The van der Waals surface area contributed by atoms with Gasteiger partial charge >= 0.3 is 0 Å². The molecule has 19 heavy (non-hydrogen) atoms. The lowest BCUT2D eigenvalue weighted by molar-refractivity contribution is 0.276. The fraction of sp³-hybridized carbons (Fsp3) is 0.357. The van der Waals surface area contributed by atoms with Crippen LogP contribution in [0.15, 0.2) is 29.8 Å². The number of nitrogens with one attached hydrogen (secondary N) is 1. The van der Waals surface area contributed by atoms with E-state index in [0.29, 0.717) is 17.8 Å². The van der Waals surface area contributed by atoms with Crippen LogP contribution >= 0.6 is 22.9 Å². The van der Waals surface area contributed by atoms with Crippen molar-refractivity contribution < 1.29 is 4.74 Å². The first-order chi connectivity index (χ1) is 9.33. The van der Waals surface area contributed by atoms with E-state index in [1.807, 2.05) is 23.6 Å². The second-order valence-electron chi connectivity index (χ2n) is 4.59. The monoisotopic (exact) mass is 294 g/mol. The molecule has 2 aromatic heterocycles. The maximum absolute atomic E-state index is 6.14. The molecule has 1 atom stereocenters. The van der Waals surface area contributed by atoms with Gasteiger partial charge in [-0.15, -0.1) is 11.3 Å². The molecule has 0 bridgehead atoms. The van der Waals surface area contributed by atoms with Gasteiger partial charge in [0, 0.05) is 16.5 Å². The highest BCUT2D eigenvalue weighted by atomic mass is 35.5. The fourth-order valence-electron chi connectivity index (χ4n) is 2.21. The van der Waals surface area contributed by atoms with E-state index < -0.39 is 0 Å². The summed E-state index contributed by atoms with van der Waals surface area (Å²) in [5.41, 5.74) is 0.938. The highest BCUT2D eigenvalue weighted by molar-refractivity contribution is 7.13. The summed E-state index contributed by atoms with van der Waals surface area (Å²) >= 11 is 7.79. The highest BCUT2D eigenvalue weighted by Crippen LogP contribution is 2.32. The fourth-order valence-corrected chi connectivity index (χ4v) is 3.21. The molecule has 2 aromatic rings. The molecule has 100 valence electrons. The van der Waals surface area contributed by atoms with Crippen molar-refractivity contribution in [2.45, 2.75) is 18.9 Å². The van der Waals surface area contributed by atoms with Crippen LogP contribution in [0.25, 0.3) is 10.4 Å². The number of rotatable bonds is 4. The first-order valence-electron chi connectivity index (χ1n) is 6.38. The molecule has 0 spiro atoms. The lowest BCUT2D eigenvalue weighted by Crippen LogP contribution is -2.28. The number of halogens is 1. The van der Waals surface area contributed by atoms with Gasteiger partial charge in [-0.05, 0) is 36.9 Å². The SMILES string of the molecule is Clc1ncc(OCC2CCCN2)cc1-c1cccs1. The lowest BCUT2D eigenvalue weighted by atomic mass is 10.2. The first kappa shape index (κ1) is 12.9. The predicted molar refractivity (Wildman–Crippen MR) is 79.1 cm³/mol. The molecule has 5 heteroatoms. The summed E-state index contributed by atoms with van der Waals surface area (Å²) in [4.78, 5) is 5.32. The van der Waals surface area contributed by atoms with Crippen LogP contribution in [0, 0.1) is 0 Å². The number of thiophene rings is 1. The van der Waals surface area contributed by atoms with Crippen molar-refractivity contribution in [2.75, 3.05) is 13.2 Å². The number of pyridine rings is 1. The maximum Gasteiger partial charge on any atom is 0.138 e. The van der Waals surface area contributed by atoms with Crippen molar-refractivity contribution in [2.24, 2.45) is 0 Å². The minimum atomic E-state index is 0.459. The second-order valence-corrected chi connectivity index (χ2v) is 5.90. The summed E-state index contributed by atoms with van der Waals surface area (Å²) in [6.45, 7) is 1.78. The van der Waals surface area contributed by atoms with Gasteiger partial charge in [-0.3, -0.25) is 0 Å². The second kappa shape index (κ2) is 5.90. The third-order valence-electron chi connectivity index (χ3n) is 3.21. The van der Waals surface area contributed by atoms with Crippen LogP contribution in [0.5, 0.6) is 5.75 Å². The van der Waals surface area contributed by atoms with Crippen LogP contribution in [0.3, 0.4) is 0 Å². The smallest absolute Gasteiger partial charge is 0.138 e. The lowest BCUT2D eigenvalue weighted by Gasteiger charge is -2.12. The summed E-state index contributed by atoms with van der Waals surface area (Å²) in [7, 11) is 0. The Balaban J connectivity index is 1.73. The van der Waals surface area contributed by atoms with Crippen molar-refractivity contribution >= 4 is 22.9 Å². The van der Waals surface area contributed by atoms with Crippen molar-refractivity contribution in [1.82, 2.24) is 10.3 Å². The minimum Gasteiger partial charge on any atom is -0.490 e. The molecule has 1 saturated heterocycles. The van der Waals surface area contributed by atoms with Gasteiger partial charge in [0.2, 0.25) is 0 Å². The third kappa shape index (κ3) is 3.08. The average molecular weight is 295 g/mol. The molecule has 1 aliphatic heterocycles. The van der Waals surface area contributed by atoms with Gasteiger partial charge in [-0.2, -0.15) is 0 Å². The van der Waals surface area contributed by atoms with Gasteiger partial charge < -0.3 is 10.1 Å². The summed E-state index contributed by atoms with van der Waals surface area (Å²) < 4.78 is 5.80. The average Bonchev–Trinajstić information content (AvgIpc) is 3.11. The van der Waals surface area contributed by atoms with Crippen LogP contribution in [-0.4, -0.2) is 24.2 Å². The first-order valence-corrected chi connectivity index (χ1v) is 7.64. The summed E-state index contributed by atoms with van der Waals surface area (Å²) in [5.74, 6) is 0.779. The molecule has 0 amide bonds. The Morgan fingerprint density at radius 2 is 2.47 bits per heavy atom. The maximum atomic E-state index is 6.14. The van der Waals surface area contributed by atoms with E-state index in [2.05, 4.69) is 10.3 Å². The van der Waals surface area contributed by atoms with Crippen LogP contribution < -0.4 is 10.1 Å². The van der Waals surface area contributed by atoms with Crippen LogP contribution in [-0.2, 0) is 0 Å². The Morgan fingerprint density at radius 1 is 1.53 bits per heavy atom. The molecule has 3 rings (SSSR count). The van der Waals surface area contributed by atoms with E-state index in [1.54, 1.807) is 17.5 Å². The number of hydrogen-bond donors (Lipinski definition) is 1. The molecule has 1 N–H and O–H groups in total. The van der Waals surface area contributed by atoms with Gasteiger partial charge in [0.05, 0.1) is 6.20 Å². The largest absolute Gasteiger partial charge is 0.490 e. The van der Waals surface area contributed by atoms with E-state index >= 15 is 0 Å². The Labute approximate surface area is 121 Å². The molecule has 0 radical (unpaired) electrons. The summed E-state index contributed by atoms with van der Waals surface area (Å²) in [6, 6.07) is 6.47. The third-order valence-corrected chi connectivity index (χ3v) is 4.42. The van der Waals surface area contributed by atoms with Gasteiger partial charge in [0.1, 0.15) is 17.5 Å². The Kier molecular flexibility index (Phi) is 4.01. The van der Waals surface area contributed by atoms with E-state index in [-0.39, 0.29) is 0 Å². The van der Waals surface area contributed by atoms with Crippen molar-refractivity contribution in [1.29, 1.82) is 0 Å². The van der Waals surface area contributed by atoms with Crippen molar-refractivity contribution in [3.63, 3.8) is 0 Å². The van der Waals surface area contributed by atoms with Gasteiger partial charge in [-0.1, -0.05) is 17.7 Å². The predicted octanol–water partition coefficient (Wildman–Crippen LogP) is 3.59. The van der Waals surface area contributed by atoms with Gasteiger partial charge in [0.25, 0.3) is 0 Å². The van der Waals surface area contributed by atoms with Crippen LogP contribution in [0.2, 0.25) is 5.15 Å². The number of hydrogen-bond acceptors (Lipinski definition) is 4. The molecular weight excluding hydrogens is 280 g/mol. The number of nitrogens with zero attached hydrogens (tertiary/aromatic N) is 1. The van der Waals surface area contributed by atoms with Crippen molar-refractivity contribution in [3.05, 3.63) is 34.9 Å². The summed E-state index contributed by atoms with van der Waals surface area (Å²) in [5, 5.41) is 5.96. The molecular formula is C14H15ClN2OS. The minimum absolute atomic E-state index is 0.459. The van der Waals surface area contributed by atoms with E-state index in [1.165, 1.54) is 12.8 Å². The van der Waals surface area contributed by atoms with Gasteiger partial charge in [0.15, 0.2) is 0 Å². The zero-order valence-electron chi connectivity index (χ0n) is 10.4. The quantitative estimate of drug-likeness (QED) is 0.875. The number of ether oxygens (including phenoxy) is 1. The molecule has 1 fully saturated rings. The van der Waals surface area contributed by atoms with E-state index in [9.17, 15) is 0 Å². The summed E-state index contributed by atoms with van der Waals surface area (Å²) in [6.07, 6.45) is 4.10. The number of aromatic nitrogens is 1. The topological polar surface area (TPSA) is 34.1 Å². The normalized spacial score (nSPS) is 18.7.